The number of nitrogens with zero attached hydrogens (tertiary/aromatic N) is 3. The zero-order valence-corrected chi connectivity index (χ0v) is 15.1. The number of hydrogen-bond donors (Lipinski definition) is 2. The molecule has 2 aromatic heterocycles. The van der Waals surface area contributed by atoms with Gasteiger partial charge in [-0.2, -0.15) is 0 Å². The molecule has 6 nitrogen and oxygen atoms in total. The molecule has 2 N–H and O–H groups in total. The first-order valence-electron chi connectivity index (χ1n) is 7.65. The Kier molecular flexibility index (Phi) is 5.35. The second kappa shape index (κ2) is 7.85. The van der Waals surface area contributed by atoms with Crippen molar-refractivity contribution >= 4 is 33.3 Å². The molecule has 0 bridgehead atoms. The molecule has 0 aliphatic rings. The number of amides is 1. The van der Waals surface area contributed by atoms with Crippen LogP contribution in [0.25, 0.3) is 0 Å². The monoisotopic (exact) mass is 397 g/mol. The highest BCUT2D eigenvalue weighted by Crippen LogP contribution is 2.25. The summed E-state index contributed by atoms with van der Waals surface area (Å²) in [6.07, 6.45) is 4.66. The number of nitrogens with one attached hydrogen (secondary N) is 2. The van der Waals surface area contributed by atoms with E-state index in [1.807, 2.05) is 43.3 Å². The zero-order chi connectivity index (χ0) is 17.6. The van der Waals surface area contributed by atoms with E-state index in [9.17, 15) is 4.79 Å². The largest absolute Gasteiger partial charge is 0.345 e. The van der Waals surface area contributed by atoms with Crippen LogP contribution in [0.1, 0.15) is 21.7 Å². The molecule has 126 valence electrons. The maximum absolute atomic E-state index is 12.1. The molecule has 0 aliphatic heterocycles. The van der Waals surface area contributed by atoms with Crippen molar-refractivity contribution < 1.29 is 4.79 Å². The lowest BCUT2D eigenvalue weighted by molar-refractivity contribution is 0.0945. The summed E-state index contributed by atoms with van der Waals surface area (Å²) in [5.41, 5.74) is 3.08. The number of carbonyl (C=O) groups is 1. The summed E-state index contributed by atoms with van der Waals surface area (Å²) >= 11 is 3.50. The minimum absolute atomic E-state index is 0.254. The van der Waals surface area contributed by atoms with Crippen LogP contribution < -0.4 is 10.6 Å². The van der Waals surface area contributed by atoms with Crippen LogP contribution in [0.3, 0.4) is 0 Å². The highest BCUT2D eigenvalue weighted by atomic mass is 79.9. The van der Waals surface area contributed by atoms with Crippen LogP contribution in [-0.4, -0.2) is 20.9 Å². The van der Waals surface area contributed by atoms with Crippen LogP contribution in [0.15, 0.2) is 59.5 Å². The van der Waals surface area contributed by atoms with Crippen molar-refractivity contribution in [2.45, 2.75) is 13.5 Å². The molecule has 0 unspecified atom stereocenters. The number of halogens is 1. The zero-order valence-electron chi connectivity index (χ0n) is 13.5. The molecule has 1 amide bonds. The Morgan fingerprint density at radius 1 is 1.12 bits per heavy atom. The lowest BCUT2D eigenvalue weighted by atomic mass is 10.2. The van der Waals surface area contributed by atoms with Crippen LogP contribution in [0.2, 0.25) is 0 Å². The fraction of sp³-hybridized carbons (Fsp3) is 0.111. The van der Waals surface area contributed by atoms with Gasteiger partial charge in [-0.1, -0.05) is 12.1 Å². The van der Waals surface area contributed by atoms with E-state index in [-0.39, 0.29) is 11.6 Å². The van der Waals surface area contributed by atoms with Crippen molar-refractivity contribution in [3.8, 4) is 0 Å². The first kappa shape index (κ1) is 17.0. The van der Waals surface area contributed by atoms with Gasteiger partial charge >= 0.3 is 0 Å². The van der Waals surface area contributed by atoms with E-state index in [4.69, 9.17) is 0 Å². The minimum Gasteiger partial charge on any atom is -0.345 e. The summed E-state index contributed by atoms with van der Waals surface area (Å²) in [5, 5.41) is 5.93. The van der Waals surface area contributed by atoms with Gasteiger partial charge in [0.2, 0.25) is 0 Å². The number of rotatable bonds is 5. The molecule has 0 fully saturated rings. The fourth-order valence-electron chi connectivity index (χ4n) is 2.13. The summed E-state index contributed by atoms with van der Waals surface area (Å²) in [4.78, 5) is 24.7. The molecule has 25 heavy (non-hydrogen) atoms. The predicted molar refractivity (Wildman–Crippen MR) is 99.6 cm³/mol. The number of carbonyl (C=O) groups excluding carboxylic acids is 1. The molecular formula is C18H16BrN5O. The average Bonchev–Trinajstić information content (AvgIpc) is 2.63. The van der Waals surface area contributed by atoms with Gasteiger partial charge in [-0.05, 0) is 52.7 Å². The Balaban J connectivity index is 1.62. The van der Waals surface area contributed by atoms with Crippen molar-refractivity contribution in [1.29, 1.82) is 0 Å². The Labute approximate surface area is 153 Å². The highest BCUT2D eigenvalue weighted by molar-refractivity contribution is 9.10. The third kappa shape index (κ3) is 4.60. The van der Waals surface area contributed by atoms with Gasteiger partial charge in [0.25, 0.3) is 5.91 Å². The molecule has 0 aliphatic carbocycles. The molecule has 3 rings (SSSR count). The third-order valence-corrected chi connectivity index (χ3v) is 4.08. The van der Waals surface area contributed by atoms with Gasteiger partial charge in [0, 0.05) is 10.7 Å². The molecule has 7 heteroatoms. The van der Waals surface area contributed by atoms with Crippen molar-refractivity contribution in [2.75, 3.05) is 5.32 Å². The van der Waals surface area contributed by atoms with Crippen molar-refractivity contribution in [3.05, 3.63) is 76.4 Å². The topological polar surface area (TPSA) is 79.8 Å². The fourth-order valence-corrected chi connectivity index (χ4v) is 2.73. The van der Waals surface area contributed by atoms with Crippen molar-refractivity contribution in [3.63, 3.8) is 0 Å². The number of aryl methyl sites for hydroxylation is 1. The molecule has 0 saturated heterocycles. The summed E-state index contributed by atoms with van der Waals surface area (Å²) in [7, 11) is 0. The summed E-state index contributed by atoms with van der Waals surface area (Å²) < 4.78 is 0.937. The molecule has 2 heterocycles. The van der Waals surface area contributed by atoms with Crippen LogP contribution >= 0.6 is 15.9 Å². The summed E-state index contributed by atoms with van der Waals surface area (Å²) in [6, 6.07) is 11.5. The second-order valence-electron chi connectivity index (χ2n) is 5.40. The Morgan fingerprint density at radius 2 is 2.00 bits per heavy atom. The minimum atomic E-state index is -0.291. The second-order valence-corrected chi connectivity index (χ2v) is 6.25. The smallest absolute Gasteiger partial charge is 0.271 e. The maximum Gasteiger partial charge on any atom is 0.271 e. The van der Waals surface area contributed by atoms with E-state index in [1.165, 1.54) is 12.4 Å². The first-order valence-corrected chi connectivity index (χ1v) is 8.44. The molecule has 3 aromatic rings. The van der Waals surface area contributed by atoms with Gasteiger partial charge in [0.15, 0.2) is 0 Å². The van der Waals surface area contributed by atoms with Gasteiger partial charge < -0.3 is 10.6 Å². The van der Waals surface area contributed by atoms with Crippen LogP contribution in [0.4, 0.5) is 11.5 Å². The number of hydrogen-bond acceptors (Lipinski definition) is 5. The quantitative estimate of drug-likeness (QED) is 0.687. The Bertz CT molecular complexity index is 868. The Morgan fingerprint density at radius 3 is 2.68 bits per heavy atom. The normalized spacial score (nSPS) is 10.3. The maximum atomic E-state index is 12.1. The number of pyridine rings is 1. The van der Waals surface area contributed by atoms with Crippen molar-refractivity contribution in [1.82, 2.24) is 20.3 Å². The van der Waals surface area contributed by atoms with Gasteiger partial charge in [-0.3, -0.25) is 9.78 Å². The third-order valence-electron chi connectivity index (χ3n) is 3.43. The highest BCUT2D eigenvalue weighted by Gasteiger charge is 2.09. The SMILES string of the molecule is Cc1ccc(Nc2cnc(C(=O)NCc3ccccn3)cn2)c(Br)c1. The van der Waals surface area contributed by atoms with E-state index in [0.717, 1.165) is 21.4 Å². The van der Waals surface area contributed by atoms with Gasteiger partial charge in [0.1, 0.15) is 11.5 Å². The Hall–Kier alpha value is -2.80. The average molecular weight is 398 g/mol. The van der Waals surface area contributed by atoms with Crippen LogP contribution in [0.5, 0.6) is 0 Å². The summed E-state index contributed by atoms with van der Waals surface area (Å²) in [5.74, 6) is 0.270. The first-order chi connectivity index (χ1) is 12.1. The number of anilines is 2. The number of aromatic nitrogens is 3. The number of benzene rings is 1. The molecule has 0 saturated carbocycles. The lowest BCUT2D eigenvalue weighted by Gasteiger charge is -2.09. The molecule has 0 radical (unpaired) electrons. The molecule has 0 atom stereocenters. The molecular weight excluding hydrogens is 382 g/mol. The van der Waals surface area contributed by atoms with Crippen molar-refractivity contribution in [2.24, 2.45) is 0 Å². The van der Waals surface area contributed by atoms with E-state index in [0.29, 0.717) is 12.4 Å². The predicted octanol–water partition coefficient (Wildman–Crippen LogP) is 3.62. The van der Waals surface area contributed by atoms with E-state index >= 15 is 0 Å². The lowest BCUT2D eigenvalue weighted by Crippen LogP contribution is -2.24. The van der Waals surface area contributed by atoms with Gasteiger partial charge in [-0.15, -0.1) is 0 Å². The molecule has 1 aromatic carbocycles. The van der Waals surface area contributed by atoms with E-state index in [1.54, 1.807) is 6.20 Å². The van der Waals surface area contributed by atoms with Crippen LogP contribution in [0, 0.1) is 6.92 Å². The summed E-state index contributed by atoms with van der Waals surface area (Å²) in [6.45, 7) is 2.37. The van der Waals surface area contributed by atoms with Crippen LogP contribution in [-0.2, 0) is 6.54 Å². The standard InChI is InChI=1S/C18H16BrN5O/c1-12-5-6-15(14(19)8-12)24-17-11-21-16(10-22-17)18(25)23-9-13-4-2-3-7-20-13/h2-8,10-11H,9H2,1H3,(H,22,24)(H,23,25). The molecule has 0 spiro atoms. The van der Waals surface area contributed by atoms with E-state index in [2.05, 4.69) is 41.5 Å². The van der Waals surface area contributed by atoms with Gasteiger partial charge in [0.05, 0.1) is 30.3 Å². The van der Waals surface area contributed by atoms with Gasteiger partial charge in [-0.25, -0.2) is 9.97 Å². The van der Waals surface area contributed by atoms with E-state index < -0.39 is 0 Å².